The number of amides is 1. The summed E-state index contributed by atoms with van der Waals surface area (Å²) in [5.74, 6) is -0.758. The fourth-order valence-corrected chi connectivity index (χ4v) is 3.64. The predicted molar refractivity (Wildman–Crippen MR) is 119 cm³/mol. The van der Waals surface area contributed by atoms with E-state index in [0.29, 0.717) is 22.9 Å². The second kappa shape index (κ2) is 9.66. The molecule has 4 rings (SSSR count). The average Bonchev–Trinajstić information content (AvgIpc) is 3.48. The van der Waals surface area contributed by atoms with Crippen LogP contribution in [0.1, 0.15) is 29.3 Å². The van der Waals surface area contributed by atoms with Crippen molar-refractivity contribution in [2.45, 2.75) is 18.9 Å². The first-order valence-corrected chi connectivity index (χ1v) is 10.4. The molecule has 1 aliphatic rings. The highest BCUT2D eigenvalue weighted by atomic mass is 35.5. The smallest absolute Gasteiger partial charge is 0.311 e. The van der Waals surface area contributed by atoms with Crippen LogP contribution < -0.4 is 0 Å². The van der Waals surface area contributed by atoms with Crippen LogP contribution in [0.15, 0.2) is 76.4 Å². The van der Waals surface area contributed by atoms with Crippen molar-refractivity contribution in [1.29, 1.82) is 0 Å². The number of carbonyl (C=O) groups excluding carboxylic acids is 2. The first kappa shape index (κ1) is 22.2. The van der Waals surface area contributed by atoms with Gasteiger partial charge >= 0.3 is 5.97 Å². The quantitative estimate of drug-likeness (QED) is 0.290. The van der Waals surface area contributed by atoms with Crippen LogP contribution in [-0.2, 0) is 20.7 Å². The maximum atomic E-state index is 12.9. The molecule has 1 amide bonds. The number of nitro groups is 1. The van der Waals surface area contributed by atoms with Gasteiger partial charge in [-0.1, -0.05) is 41.9 Å². The lowest BCUT2D eigenvalue weighted by Crippen LogP contribution is -2.31. The molecule has 168 valence electrons. The van der Waals surface area contributed by atoms with Gasteiger partial charge in [-0.2, -0.15) is 5.10 Å². The molecule has 0 saturated heterocycles. The standard InChI is InChI=1S/C23H18ClN3O6/c24-17-9-7-15(8-10-17)18-13-20(21-6-3-11-32-21)26(25-18)22(28)14-33-23(29)12-16-4-1-2-5-19(16)27(30)31/h1-11,20H,12-14H2. The Kier molecular flexibility index (Phi) is 6.50. The lowest BCUT2D eigenvalue weighted by molar-refractivity contribution is -0.385. The maximum absolute atomic E-state index is 12.9. The van der Waals surface area contributed by atoms with Gasteiger partial charge in [0.15, 0.2) is 6.61 Å². The summed E-state index contributed by atoms with van der Waals surface area (Å²) in [7, 11) is 0. The molecule has 9 nitrogen and oxygen atoms in total. The Morgan fingerprint density at radius 1 is 1.15 bits per heavy atom. The van der Waals surface area contributed by atoms with Crippen LogP contribution in [-0.4, -0.2) is 34.1 Å². The zero-order valence-corrected chi connectivity index (χ0v) is 18.0. The van der Waals surface area contributed by atoms with E-state index >= 15 is 0 Å². The molecule has 3 aromatic rings. The van der Waals surface area contributed by atoms with E-state index in [2.05, 4.69) is 5.10 Å². The van der Waals surface area contributed by atoms with Gasteiger partial charge in [-0.05, 0) is 29.8 Å². The third kappa shape index (κ3) is 5.09. The molecule has 1 aliphatic heterocycles. The van der Waals surface area contributed by atoms with Crippen molar-refractivity contribution in [2.24, 2.45) is 5.10 Å². The molecule has 0 bridgehead atoms. The Morgan fingerprint density at radius 2 is 1.91 bits per heavy atom. The zero-order chi connectivity index (χ0) is 23.4. The summed E-state index contributed by atoms with van der Waals surface area (Å²) in [6.07, 6.45) is 1.58. The number of rotatable bonds is 7. The number of esters is 1. The third-order valence-electron chi connectivity index (χ3n) is 5.09. The van der Waals surface area contributed by atoms with E-state index in [4.69, 9.17) is 20.8 Å². The molecular weight excluding hydrogens is 450 g/mol. The molecule has 0 radical (unpaired) electrons. The number of nitrogens with zero attached hydrogens (tertiary/aromatic N) is 3. The highest BCUT2D eigenvalue weighted by Crippen LogP contribution is 2.33. The van der Waals surface area contributed by atoms with Crippen molar-refractivity contribution < 1.29 is 23.7 Å². The monoisotopic (exact) mass is 467 g/mol. The Morgan fingerprint density at radius 3 is 2.61 bits per heavy atom. The van der Waals surface area contributed by atoms with Gasteiger partial charge in [0.2, 0.25) is 0 Å². The van der Waals surface area contributed by atoms with Gasteiger partial charge in [-0.15, -0.1) is 0 Å². The van der Waals surface area contributed by atoms with Crippen LogP contribution in [0.5, 0.6) is 0 Å². The fourth-order valence-electron chi connectivity index (χ4n) is 3.51. The number of nitro benzene ring substituents is 1. The van der Waals surface area contributed by atoms with E-state index in [-0.39, 0.29) is 17.7 Å². The number of hydrazone groups is 1. The number of halogens is 1. The summed E-state index contributed by atoms with van der Waals surface area (Å²) in [6, 6.07) is 15.9. The van der Waals surface area contributed by atoms with Gasteiger partial charge in [0, 0.05) is 23.1 Å². The van der Waals surface area contributed by atoms with E-state index in [0.717, 1.165) is 5.56 Å². The molecule has 1 unspecified atom stereocenters. The minimum Gasteiger partial charge on any atom is -0.467 e. The largest absolute Gasteiger partial charge is 0.467 e. The molecule has 10 heteroatoms. The van der Waals surface area contributed by atoms with Crippen molar-refractivity contribution in [3.8, 4) is 0 Å². The van der Waals surface area contributed by atoms with Gasteiger partial charge < -0.3 is 9.15 Å². The van der Waals surface area contributed by atoms with E-state index in [1.54, 1.807) is 42.5 Å². The number of benzene rings is 2. The van der Waals surface area contributed by atoms with Crippen molar-refractivity contribution in [2.75, 3.05) is 6.61 Å². The summed E-state index contributed by atoms with van der Waals surface area (Å²) < 4.78 is 10.6. The number of para-hydroxylation sites is 1. The van der Waals surface area contributed by atoms with Gasteiger partial charge in [-0.3, -0.25) is 19.7 Å². The number of furan rings is 1. The topological polar surface area (TPSA) is 115 Å². The van der Waals surface area contributed by atoms with Crippen LogP contribution in [0.3, 0.4) is 0 Å². The average molecular weight is 468 g/mol. The van der Waals surface area contributed by atoms with Crippen molar-refractivity contribution >= 4 is 34.9 Å². The molecule has 1 atom stereocenters. The van der Waals surface area contributed by atoms with E-state index in [1.807, 2.05) is 0 Å². The molecule has 0 aliphatic carbocycles. The minimum absolute atomic E-state index is 0.185. The SMILES string of the molecule is O=C(Cc1ccccc1[N+](=O)[O-])OCC(=O)N1N=C(c2ccc(Cl)cc2)CC1c1ccco1. The Balaban J connectivity index is 1.46. The van der Waals surface area contributed by atoms with Crippen LogP contribution in [0.4, 0.5) is 5.69 Å². The first-order chi connectivity index (χ1) is 15.9. The molecule has 0 N–H and O–H groups in total. The van der Waals surface area contributed by atoms with E-state index in [9.17, 15) is 19.7 Å². The lowest BCUT2D eigenvalue weighted by atomic mass is 10.0. The summed E-state index contributed by atoms with van der Waals surface area (Å²) in [5.41, 5.74) is 1.49. The molecule has 0 fully saturated rings. The Bertz CT molecular complexity index is 1210. The van der Waals surface area contributed by atoms with Gasteiger partial charge in [0.1, 0.15) is 11.8 Å². The maximum Gasteiger partial charge on any atom is 0.311 e. The lowest BCUT2D eigenvalue weighted by Gasteiger charge is -2.19. The van der Waals surface area contributed by atoms with Crippen LogP contribution >= 0.6 is 11.6 Å². The van der Waals surface area contributed by atoms with Gasteiger partial charge in [-0.25, -0.2) is 5.01 Å². The summed E-state index contributed by atoms with van der Waals surface area (Å²) in [4.78, 5) is 35.7. The molecule has 0 saturated carbocycles. The summed E-state index contributed by atoms with van der Waals surface area (Å²) in [5, 5.41) is 17.4. The molecule has 1 aromatic heterocycles. The molecule has 2 heterocycles. The van der Waals surface area contributed by atoms with Crippen LogP contribution in [0, 0.1) is 10.1 Å². The van der Waals surface area contributed by atoms with Crippen molar-refractivity contribution in [3.63, 3.8) is 0 Å². The normalized spacial score (nSPS) is 15.2. The second-order valence-electron chi connectivity index (χ2n) is 7.25. The van der Waals surface area contributed by atoms with Crippen molar-refractivity contribution in [1.82, 2.24) is 5.01 Å². The predicted octanol–water partition coefficient (Wildman–Crippen LogP) is 4.30. The number of carbonyl (C=O) groups is 2. The third-order valence-corrected chi connectivity index (χ3v) is 5.35. The van der Waals surface area contributed by atoms with Crippen molar-refractivity contribution in [3.05, 3.63) is 99.0 Å². The number of ether oxygens (including phenoxy) is 1. The Hall–Kier alpha value is -3.98. The summed E-state index contributed by atoms with van der Waals surface area (Å²) in [6.45, 7) is -0.561. The number of hydrogen-bond donors (Lipinski definition) is 0. The highest BCUT2D eigenvalue weighted by Gasteiger charge is 2.35. The van der Waals surface area contributed by atoms with Gasteiger partial charge in [0.05, 0.1) is 23.3 Å². The van der Waals surface area contributed by atoms with Crippen LogP contribution in [0.2, 0.25) is 5.02 Å². The van der Waals surface area contributed by atoms with E-state index in [1.165, 1.54) is 29.5 Å². The van der Waals surface area contributed by atoms with Crippen LogP contribution in [0.25, 0.3) is 0 Å². The molecule has 33 heavy (non-hydrogen) atoms. The highest BCUT2D eigenvalue weighted by molar-refractivity contribution is 6.30. The molecular formula is C23H18ClN3O6. The second-order valence-corrected chi connectivity index (χ2v) is 7.69. The first-order valence-electron chi connectivity index (χ1n) is 9.99. The Labute approximate surface area is 193 Å². The molecule has 0 spiro atoms. The number of hydrogen-bond acceptors (Lipinski definition) is 7. The van der Waals surface area contributed by atoms with Gasteiger partial charge in [0.25, 0.3) is 11.6 Å². The summed E-state index contributed by atoms with van der Waals surface area (Å²) >= 11 is 5.96. The van der Waals surface area contributed by atoms with E-state index < -0.39 is 29.4 Å². The fraction of sp³-hybridized carbons (Fsp3) is 0.174. The minimum atomic E-state index is -0.756. The molecule has 2 aromatic carbocycles. The zero-order valence-electron chi connectivity index (χ0n) is 17.2.